The van der Waals surface area contributed by atoms with Gasteiger partial charge in [-0.25, -0.2) is 0 Å². The van der Waals surface area contributed by atoms with Gasteiger partial charge in [0.25, 0.3) is 5.91 Å². The average Bonchev–Trinajstić information content (AvgIpc) is 3.05. The van der Waals surface area contributed by atoms with E-state index in [9.17, 15) is 9.59 Å². The van der Waals surface area contributed by atoms with Crippen LogP contribution in [0.1, 0.15) is 48.9 Å². The first kappa shape index (κ1) is 25.7. The fourth-order valence-electron chi connectivity index (χ4n) is 4.29. The molecule has 3 rings (SSSR count). The van der Waals surface area contributed by atoms with Crippen molar-refractivity contribution in [1.82, 2.24) is 9.80 Å². The smallest absolute Gasteiger partial charge is 0.253 e. The van der Waals surface area contributed by atoms with Crippen LogP contribution in [0, 0.1) is 5.92 Å². The molecular weight excluding hydrogens is 411 g/mol. The Hall–Kier alpha value is -1.34. The average molecular weight is 445 g/mol. The Morgan fingerprint density at radius 2 is 1.83 bits per heavy atom. The summed E-state index contributed by atoms with van der Waals surface area (Å²) in [5, 5.41) is 2.93. The predicted octanol–water partition coefficient (Wildman–Crippen LogP) is 3.15. The van der Waals surface area contributed by atoms with Gasteiger partial charge >= 0.3 is 0 Å². The van der Waals surface area contributed by atoms with Crippen molar-refractivity contribution in [1.29, 1.82) is 0 Å². The molecule has 2 aliphatic rings. The molecule has 2 fully saturated rings. The summed E-state index contributed by atoms with van der Waals surface area (Å²) in [5.74, 6) is 0.317. The molecule has 0 spiro atoms. The monoisotopic (exact) mass is 444 g/mol. The Morgan fingerprint density at radius 1 is 1.14 bits per heavy atom. The van der Waals surface area contributed by atoms with Crippen LogP contribution in [0.3, 0.4) is 0 Å². The highest BCUT2D eigenvalue weighted by molar-refractivity contribution is 5.96. The minimum atomic E-state index is -0.00112. The molecule has 1 aromatic rings. The van der Waals surface area contributed by atoms with Gasteiger partial charge in [-0.2, -0.15) is 0 Å². The quantitative estimate of drug-likeness (QED) is 0.730. The van der Waals surface area contributed by atoms with Crippen LogP contribution in [0.15, 0.2) is 24.3 Å². The number of carbonyl (C=O) groups is 2. The molecule has 0 radical (unpaired) electrons. The van der Waals surface area contributed by atoms with Crippen molar-refractivity contribution in [3.05, 3.63) is 29.8 Å². The number of hydrogen-bond donors (Lipinski definition) is 2. The molecule has 1 aliphatic heterocycles. The lowest BCUT2D eigenvalue weighted by atomic mass is 10.00. The van der Waals surface area contributed by atoms with Crippen molar-refractivity contribution < 1.29 is 9.59 Å². The molecule has 8 heteroatoms. The van der Waals surface area contributed by atoms with Gasteiger partial charge in [0.2, 0.25) is 5.91 Å². The second kappa shape index (κ2) is 11.7. The number of likely N-dealkylation sites (N-methyl/N-ethyl adjacent to an activating group) is 2. The lowest BCUT2D eigenvalue weighted by Gasteiger charge is -2.35. The Balaban J connectivity index is 0.00000210. The minimum absolute atomic E-state index is 0. The van der Waals surface area contributed by atoms with Gasteiger partial charge in [0.05, 0.1) is 0 Å². The first-order valence-electron chi connectivity index (χ1n) is 10.0. The number of likely N-dealkylation sites (tertiary alicyclic amines) is 1. The highest BCUT2D eigenvalue weighted by Gasteiger charge is 2.27. The maximum atomic E-state index is 12.8. The molecule has 1 aliphatic carbocycles. The molecule has 1 unspecified atom stereocenters. The van der Waals surface area contributed by atoms with Crippen molar-refractivity contribution in [2.75, 3.05) is 32.5 Å². The summed E-state index contributed by atoms with van der Waals surface area (Å²) in [6.07, 6.45) is 5.79. The number of benzene rings is 1. The second-order valence-corrected chi connectivity index (χ2v) is 8.16. The number of nitrogens with zero attached hydrogens (tertiary/aromatic N) is 2. The fraction of sp³-hybridized carbons (Fsp3) is 0.619. The van der Waals surface area contributed by atoms with Gasteiger partial charge in [0.15, 0.2) is 0 Å². The lowest BCUT2D eigenvalue weighted by molar-refractivity contribution is -0.117. The topological polar surface area (TPSA) is 78.7 Å². The van der Waals surface area contributed by atoms with E-state index in [-0.39, 0.29) is 54.6 Å². The standard InChI is InChI=1S/C21H32N4O2.2ClH/c1-24-12-4-6-18(14-24)25(2)21(27)15-8-10-17(11-9-15)23-20(26)13-16-5-3-7-19(16)22;;/h8-11,16,18-19H,3-7,12-14,22H2,1-2H3,(H,23,26);2*1H/t16-,18?,19+;;/m0../s1. The van der Waals surface area contributed by atoms with Crippen LogP contribution in [0.4, 0.5) is 5.69 Å². The van der Waals surface area contributed by atoms with Gasteiger partial charge in [-0.3, -0.25) is 9.59 Å². The first-order chi connectivity index (χ1) is 12.9. The molecule has 164 valence electrons. The van der Waals surface area contributed by atoms with Crippen molar-refractivity contribution in [3.8, 4) is 0 Å². The Labute approximate surface area is 186 Å². The molecule has 0 aromatic heterocycles. The van der Waals surface area contributed by atoms with E-state index < -0.39 is 0 Å². The SMILES string of the molecule is CN1CCCC(N(C)C(=O)c2ccc(NC(=O)C[C@@H]3CCC[C@H]3N)cc2)C1.Cl.Cl. The molecule has 1 aromatic carbocycles. The highest BCUT2D eigenvalue weighted by atomic mass is 35.5. The van der Waals surface area contributed by atoms with Crippen LogP contribution in [0.25, 0.3) is 0 Å². The second-order valence-electron chi connectivity index (χ2n) is 8.16. The molecule has 0 bridgehead atoms. The van der Waals surface area contributed by atoms with E-state index in [4.69, 9.17) is 5.73 Å². The van der Waals surface area contributed by atoms with E-state index in [1.165, 1.54) is 0 Å². The molecule has 3 N–H and O–H groups in total. The number of rotatable bonds is 5. The summed E-state index contributed by atoms with van der Waals surface area (Å²) in [5.41, 5.74) is 7.43. The lowest BCUT2D eigenvalue weighted by Crippen LogP contribution is -2.47. The van der Waals surface area contributed by atoms with Gasteiger partial charge < -0.3 is 20.9 Å². The van der Waals surface area contributed by atoms with E-state index in [0.717, 1.165) is 50.9 Å². The normalized spacial score (nSPS) is 24.2. The highest BCUT2D eigenvalue weighted by Crippen LogP contribution is 2.27. The van der Waals surface area contributed by atoms with E-state index >= 15 is 0 Å². The van der Waals surface area contributed by atoms with E-state index in [2.05, 4.69) is 17.3 Å². The molecule has 29 heavy (non-hydrogen) atoms. The molecule has 1 saturated heterocycles. The molecule has 1 saturated carbocycles. The van der Waals surface area contributed by atoms with E-state index in [0.29, 0.717) is 12.0 Å². The van der Waals surface area contributed by atoms with Gasteiger partial charge in [0.1, 0.15) is 0 Å². The van der Waals surface area contributed by atoms with E-state index in [1.54, 1.807) is 24.3 Å². The van der Waals surface area contributed by atoms with Gasteiger partial charge in [-0.05, 0) is 69.5 Å². The minimum Gasteiger partial charge on any atom is -0.337 e. The summed E-state index contributed by atoms with van der Waals surface area (Å²) in [6.45, 7) is 2.01. The Morgan fingerprint density at radius 3 is 2.41 bits per heavy atom. The van der Waals surface area contributed by atoms with Crippen molar-refractivity contribution in [2.24, 2.45) is 11.7 Å². The predicted molar refractivity (Wildman–Crippen MR) is 122 cm³/mol. The van der Waals surface area contributed by atoms with Crippen LogP contribution < -0.4 is 11.1 Å². The maximum Gasteiger partial charge on any atom is 0.253 e. The molecule has 1 heterocycles. The number of amides is 2. The summed E-state index contributed by atoms with van der Waals surface area (Å²) < 4.78 is 0. The Bertz CT molecular complexity index is 671. The molecule has 2 amide bonds. The van der Waals surface area contributed by atoms with Crippen LogP contribution >= 0.6 is 24.8 Å². The molecular formula is C21H34Cl2N4O2. The van der Waals surface area contributed by atoms with Crippen LogP contribution in [-0.2, 0) is 4.79 Å². The zero-order chi connectivity index (χ0) is 19.4. The van der Waals surface area contributed by atoms with E-state index in [1.807, 2.05) is 11.9 Å². The summed E-state index contributed by atoms with van der Waals surface area (Å²) in [7, 11) is 3.98. The number of carbonyl (C=O) groups excluding carboxylic acids is 2. The first-order valence-corrected chi connectivity index (χ1v) is 10.0. The van der Waals surface area contributed by atoms with Crippen LogP contribution in [0.5, 0.6) is 0 Å². The maximum absolute atomic E-state index is 12.8. The van der Waals surface area contributed by atoms with Crippen LogP contribution in [0.2, 0.25) is 0 Å². The van der Waals surface area contributed by atoms with Gasteiger partial charge in [-0.15, -0.1) is 24.8 Å². The van der Waals surface area contributed by atoms with Gasteiger partial charge in [0, 0.05) is 43.3 Å². The zero-order valence-corrected chi connectivity index (χ0v) is 18.9. The van der Waals surface area contributed by atoms with Crippen molar-refractivity contribution >= 4 is 42.3 Å². The Kier molecular flexibility index (Phi) is 10.4. The number of nitrogens with one attached hydrogen (secondary N) is 1. The molecule has 3 atom stereocenters. The number of halogens is 2. The third-order valence-corrected chi connectivity index (χ3v) is 6.05. The summed E-state index contributed by atoms with van der Waals surface area (Å²) >= 11 is 0. The molecule has 6 nitrogen and oxygen atoms in total. The third kappa shape index (κ3) is 6.85. The number of piperidine rings is 1. The number of nitrogens with two attached hydrogens (primary N) is 1. The van der Waals surface area contributed by atoms with Crippen LogP contribution in [-0.4, -0.2) is 60.9 Å². The summed E-state index contributed by atoms with van der Waals surface area (Å²) in [6, 6.07) is 7.60. The largest absolute Gasteiger partial charge is 0.337 e. The van der Waals surface area contributed by atoms with Crippen molar-refractivity contribution in [3.63, 3.8) is 0 Å². The van der Waals surface area contributed by atoms with Crippen molar-refractivity contribution in [2.45, 2.75) is 50.6 Å². The van der Waals surface area contributed by atoms with Gasteiger partial charge in [-0.1, -0.05) is 6.42 Å². The number of hydrogen-bond acceptors (Lipinski definition) is 4. The zero-order valence-electron chi connectivity index (χ0n) is 17.3. The fourth-order valence-corrected chi connectivity index (χ4v) is 4.29. The third-order valence-electron chi connectivity index (χ3n) is 6.05. The summed E-state index contributed by atoms with van der Waals surface area (Å²) in [4.78, 5) is 29.1. The number of anilines is 1.